The molecule has 0 bridgehead atoms. The van der Waals surface area contributed by atoms with Crippen LogP contribution in [0.5, 0.6) is 0 Å². The predicted octanol–water partition coefficient (Wildman–Crippen LogP) is 2.46. The molecule has 2 N–H and O–H groups in total. The van der Waals surface area contributed by atoms with Gasteiger partial charge in [-0.25, -0.2) is 0 Å². The number of benzene rings is 2. The van der Waals surface area contributed by atoms with Gasteiger partial charge >= 0.3 is 0 Å². The molecular weight excluding hydrogens is 307 g/mol. The Balaban J connectivity index is 2.73. The predicted molar refractivity (Wildman–Crippen MR) is 96.0 cm³/mol. The maximum atomic E-state index is 14.1. The van der Waals surface area contributed by atoms with E-state index in [-0.39, 0.29) is 0 Å². The van der Waals surface area contributed by atoms with Crippen LogP contribution in [-0.4, -0.2) is 28.1 Å². The highest BCUT2D eigenvalue weighted by Crippen LogP contribution is 2.51. The van der Waals surface area contributed by atoms with Gasteiger partial charge in [0.25, 0.3) is 0 Å². The lowest BCUT2D eigenvalue weighted by Gasteiger charge is -2.33. The van der Waals surface area contributed by atoms with Crippen molar-refractivity contribution < 1.29 is 14.8 Å². The van der Waals surface area contributed by atoms with Crippen LogP contribution in [0.3, 0.4) is 0 Å². The molecule has 2 aromatic carbocycles. The summed E-state index contributed by atoms with van der Waals surface area (Å²) in [6.45, 7) is 7.17. The van der Waals surface area contributed by atoms with Crippen LogP contribution in [0, 0.1) is 0 Å². The summed E-state index contributed by atoms with van der Waals surface area (Å²) in [6.07, 6.45) is 0.342. The Morgan fingerprint density at radius 3 is 1.43 bits per heavy atom. The second kappa shape index (κ2) is 7.56. The van der Waals surface area contributed by atoms with Crippen LogP contribution >= 0.6 is 7.14 Å². The lowest BCUT2D eigenvalue weighted by molar-refractivity contribution is 0.137. The van der Waals surface area contributed by atoms with E-state index in [1.807, 2.05) is 12.1 Å². The fraction of sp³-hybridized carbons (Fsp3) is 0.158. The van der Waals surface area contributed by atoms with E-state index in [4.69, 9.17) is 0 Å². The first-order chi connectivity index (χ1) is 11.1. The summed E-state index contributed by atoms with van der Waals surface area (Å²) < 4.78 is 14.1. The Hall–Kier alpha value is -1.93. The number of hydrogen-bond donors (Lipinski definition) is 2. The normalized spacial score (nSPS) is 14.2. The molecule has 0 aliphatic carbocycles. The van der Waals surface area contributed by atoms with E-state index in [9.17, 15) is 14.8 Å². The van der Waals surface area contributed by atoms with Crippen molar-refractivity contribution in [2.24, 2.45) is 0 Å². The van der Waals surface area contributed by atoms with E-state index in [2.05, 4.69) is 13.2 Å². The van der Waals surface area contributed by atoms with E-state index in [1.165, 1.54) is 12.2 Å². The largest absolute Gasteiger partial charge is 0.388 e. The van der Waals surface area contributed by atoms with Gasteiger partial charge in [0.15, 0.2) is 7.14 Å². The zero-order chi connectivity index (χ0) is 16.9. The number of aliphatic hydroxyl groups is 2. The molecule has 0 saturated carbocycles. The molecule has 120 valence electrons. The molecule has 3 nitrogen and oxygen atoms in total. The van der Waals surface area contributed by atoms with E-state index >= 15 is 0 Å². The Labute approximate surface area is 137 Å². The molecule has 0 aliphatic heterocycles. The van der Waals surface area contributed by atoms with Crippen molar-refractivity contribution in [2.75, 3.05) is 0 Å². The Kier molecular flexibility index (Phi) is 5.73. The van der Waals surface area contributed by atoms with Crippen molar-refractivity contribution in [3.8, 4) is 0 Å². The van der Waals surface area contributed by atoms with Crippen LogP contribution < -0.4 is 10.6 Å². The summed E-state index contributed by atoms with van der Waals surface area (Å²) in [5.74, 6) is 0. The van der Waals surface area contributed by atoms with Gasteiger partial charge in [-0.15, -0.1) is 13.2 Å². The average molecular weight is 328 g/mol. The van der Waals surface area contributed by atoms with Gasteiger partial charge in [-0.05, 0) is 0 Å². The summed E-state index contributed by atoms with van der Waals surface area (Å²) in [5.41, 5.74) is -0.942. The standard InChI is InChI=1S/C19H21O3P/c1-3-17(20)19(18(21)4-2)23(22,15-11-7-5-8-12-15)16-13-9-6-10-14-16/h3-14,17-21H,1-2H2/t17-,18-/m0/s1. The van der Waals surface area contributed by atoms with Crippen LogP contribution in [0.2, 0.25) is 0 Å². The highest BCUT2D eigenvalue weighted by Gasteiger charge is 2.43. The molecule has 0 saturated heterocycles. The molecule has 4 heteroatoms. The second-order valence-corrected chi connectivity index (χ2v) is 8.22. The lowest BCUT2D eigenvalue weighted by atomic mass is 10.1. The van der Waals surface area contributed by atoms with Gasteiger partial charge in [0.1, 0.15) is 0 Å². The molecule has 0 aromatic heterocycles. The number of rotatable bonds is 7. The van der Waals surface area contributed by atoms with E-state index in [1.54, 1.807) is 48.5 Å². The van der Waals surface area contributed by atoms with Gasteiger partial charge in [0.05, 0.1) is 17.9 Å². The highest BCUT2D eigenvalue weighted by molar-refractivity contribution is 7.79. The molecule has 0 heterocycles. The van der Waals surface area contributed by atoms with Gasteiger partial charge in [0, 0.05) is 10.6 Å². The van der Waals surface area contributed by atoms with Crippen molar-refractivity contribution in [1.29, 1.82) is 0 Å². The first-order valence-electron chi connectivity index (χ1n) is 7.38. The molecule has 2 rings (SSSR count). The summed E-state index contributed by atoms with van der Waals surface area (Å²) >= 11 is 0. The monoisotopic (exact) mass is 328 g/mol. The van der Waals surface area contributed by atoms with Crippen molar-refractivity contribution in [3.05, 3.63) is 86.0 Å². The molecule has 2 atom stereocenters. The molecule has 0 unspecified atom stereocenters. The highest BCUT2D eigenvalue weighted by atomic mass is 31.2. The van der Waals surface area contributed by atoms with E-state index in [0.29, 0.717) is 10.6 Å². The SMILES string of the molecule is C=C[C@H](O)C([C@@H](O)C=C)P(=O)(c1ccccc1)c1ccccc1. The van der Waals surface area contributed by atoms with Crippen molar-refractivity contribution >= 4 is 17.8 Å². The Morgan fingerprint density at radius 2 is 1.13 bits per heavy atom. The maximum Gasteiger partial charge on any atom is 0.151 e. The maximum absolute atomic E-state index is 14.1. The number of hydrogen-bond acceptors (Lipinski definition) is 3. The fourth-order valence-corrected chi connectivity index (χ4v) is 6.02. The third-order valence-electron chi connectivity index (χ3n) is 3.88. The zero-order valence-corrected chi connectivity index (χ0v) is 13.7. The van der Waals surface area contributed by atoms with Crippen LogP contribution in [0.4, 0.5) is 0 Å². The van der Waals surface area contributed by atoms with Crippen molar-refractivity contribution in [3.63, 3.8) is 0 Å². The van der Waals surface area contributed by atoms with E-state index in [0.717, 1.165) is 0 Å². The Morgan fingerprint density at radius 1 is 0.783 bits per heavy atom. The molecular formula is C19H21O3P. The van der Waals surface area contributed by atoms with Crippen LogP contribution in [0.25, 0.3) is 0 Å². The topological polar surface area (TPSA) is 57.5 Å². The first-order valence-corrected chi connectivity index (χ1v) is 9.15. The van der Waals surface area contributed by atoms with Crippen LogP contribution in [0.1, 0.15) is 0 Å². The van der Waals surface area contributed by atoms with Gasteiger partial charge in [0.2, 0.25) is 0 Å². The minimum Gasteiger partial charge on any atom is -0.388 e. The third-order valence-corrected chi connectivity index (χ3v) is 7.46. The quantitative estimate of drug-likeness (QED) is 0.606. The first kappa shape index (κ1) is 17.4. The summed E-state index contributed by atoms with van der Waals surface area (Å²) in [5, 5.41) is 21.9. The van der Waals surface area contributed by atoms with Gasteiger partial charge in [-0.1, -0.05) is 72.8 Å². The molecule has 0 fully saturated rings. The van der Waals surface area contributed by atoms with Crippen LogP contribution in [0.15, 0.2) is 86.0 Å². The summed E-state index contributed by atoms with van der Waals surface area (Å²) in [4.78, 5) is 0. The molecule has 2 aromatic rings. The number of aliphatic hydroxyl groups excluding tert-OH is 2. The smallest absolute Gasteiger partial charge is 0.151 e. The molecule has 0 radical (unpaired) electrons. The fourth-order valence-electron chi connectivity index (χ4n) is 2.70. The lowest BCUT2D eigenvalue weighted by Crippen LogP contribution is -2.41. The van der Waals surface area contributed by atoms with Crippen LogP contribution in [-0.2, 0) is 4.57 Å². The zero-order valence-electron chi connectivity index (χ0n) is 12.8. The molecule has 0 aliphatic rings. The summed E-state index contributed by atoms with van der Waals surface area (Å²) in [6, 6.07) is 17.9. The minimum absolute atomic E-state index is 0.581. The summed E-state index contributed by atoms with van der Waals surface area (Å²) in [7, 11) is -3.32. The van der Waals surface area contributed by atoms with Gasteiger partial charge in [-0.2, -0.15) is 0 Å². The Bertz CT molecular complexity index is 640. The van der Waals surface area contributed by atoms with E-state index < -0.39 is 25.0 Å². The molecule has 23 heavy (non-hydrogen) atoms. The second-order valence-electron chi connectivity index (χ2n) is 5.27. The average Bonchev–Trinajstić information content (AvgIpc) is 2.62. The minimum atomic E-state index is -3.32. The third kappa shape index (κ3) is 3.37. The van der Waals surface area contributed by atoms with Crippen molar-refractivity contribution in [2.45, 2.75) is 17.9 Å². The van der Waals surface area contributed by atoms with Gasteiger partial charge in [-0.3, -0.25) is 0 Å². The molecule has 0 amide bonds. The van der Waals surface area contributed by atoms with Crippen molar-refractivity contribution in [1.82, 2.24) is 0 Å². The van der Waals surface area contributed by atoms with Gasteiger partial charge < -0.3 is 14.8 Å². The molecule has 0 spiro atoms.